The maximum atomic E-state index is 9.62. The van der Waals surface area contributed by atoms with Crippen LogP contribution in [0.2, 0.25) is 0 Å². The molecule has 0 fully saturated rings. The molecule has 2 heterocycles. The lowest BCUT2D eigenvalue weighted by Gasteiger charge is -2.31. The third-order valence-corrected chi connectivity index (χ3v) is 10.7. The predicted molar refractivity (Wildman–Crippen MR) is 207 cm³/mol. The van der Waals surface area contributed by atoms with E-state index in [1.807, 2.05) is 36.4 Å². The second kappa shape index (κ2) is 13.0. The van der Waals surface area contributed by atoms with Gasteiger partial charge in [0, 0.05) is 41.1 Å². The SMILES string of the molecule is [C-]#[N+]c1cccc(CC2(C)C(=CC=CC3=[N+](C)c4ccccc4C3(C)Cc3cccc(C#N)c3)N(CC(C)C)c3cc4ccccc4cc32)c1. The van der Waals surface area contributed by atoms with Crippen molar-refractivity contribution in [1.29, 1.82) is 5.26 Å². The zero-order chi connectivity index (χ0) is 35.0. The van der Waals surface area contributed by atoms with Crippen LogP contribution in [0.4, 0.5) is 17.1 Å². The first-order valence-electron chi connectivity index (χ1n) is 17.5. The first kappa shape index (κ1) is 32.8. The molecule has 4 nitrogen and oxygen atoms in total. The molecule has 2 aliphatic heterocycles. The molecular weight excluding hydrogens is 609 g/mol. The lowest BCUT2D eigenvalue weighted by molar-refractivity contribution is -0.401. The van der Waals surface area contributed by atoms with E-state index in [4.69, 9.17) is 6.57 Å². The van der Waals surface area contributed by atoms with E-state index < -0.39 is 0 Å². The van der Waals surface area contributed by atoms with E-state index in [9.17, 15) is 5.26 Å². The van der Waals surface area contributed by atoms with Crippen molar-refractivity contribution < 1.29 is 4.58 Å². The summed E-state index contributed by atoms with van der Waals surface area (Å²) in [5, 5.41) is 12.1. The zero-order valence-corrected chi connectivity index (χ0v) is 29.6. The highest BCUT2D eigenvalue weighted by atomic mass is 15.2. The smallest absolute Gasteiger partial charge is 0.209 e. The summed E-state index contributed by atoms with van der Waals surface area (Å²) in [5.41, 5.74) is 10.6. The van der Waals surface area contributed by atoms with Gasteiger partial charge >= 0.3 is 0 Å². The molecule has 0 N–H and O–H groups in total. The van der Waals surface area contributed by atoms with Gasteiger partial charge in [-0.05, 0) is 84.8 Å². The zero-order valence-electron chi connectivity index (χ0n) is 29.6. The predicted octanol–water partition coefficient (Wildman–Crippen LogP) is 10.6. The molecule has 50 heavy (non-hydrogen) atoms. The Bertz CT molecular complexity index is 2310. The quantitative estimate of drug-likeness (QED) is 0.124. The summed E-state index contributed by atoms with van der Waals surface area (Å²) >= 11 is 0. The van der Waals surface area contributed by atoms with Gasteiger partial charge in [-0.2, -0.15) is 9.84 Å². The molecule has 0 aliphatic carbocycles. The van der Waals surface area contributed by atoms with Crippen LogP contribution in [-0.4, -0.2) is 23.9 Å². The van der Waals surface area contributed by atoms with Crippen LogP contribution in [0.1, 0.15) is 55.5 Å². The fraction of sp³-hybridized carbons (Fsp3) is 0.239. The van der Waals surface area contributed by atoms with E-state index in [2.05, 4.69) is 146 Å². The molecule has 7 rings (SSSR count). The number of rotatable bonds is 8. The Kier molecular flexibility index (Phi) is 8.51. The molecule has 0 bridgehead atoms. The van der Waals surface area contributed by atoms with Gasteiger partial charge in [0.2, 0.25) is 5.69 Å². The molecular formula is C46H43N4+. The Morgan fingerprint density at radius 2 is 1.50 bits per heavy atom. The van der Waals surface area contributed by atoms with Crippen LogP contribution in [0.3, 0.4) is 0 Å². The fourth-order valence-electron chi connectivity index (χ4n) is 8.37. The minimum Gasteiger partial charge on any atom is -0.344 e. The largest absolute Gasteiger partial charge is 0.344 e. The van der Waals surface area contributed by atoms with E-state index in [1.165, 1.54) is 44.7 Å². The summed E-state index contributed by atoms with van der Waals surface area (Å²) in [6.45, 7) is 17.9. The fourth-order valence-corrected chi connectivity index (χ4v) is 8.37. The second-order valence-electron chi connectivity index (χ2n) is 14.7. The van der Waals surface area contributed by atoms with Gasteiger partial charge in [-0.1, -0.05) is 104 Å². The summed E-state index contributed by atoms with van der Waals surface area (Å²) in [7, 11) is 2.17. The normalized spacial score (nSPS) is 20.5. The van der Waals surface area contributed by atoms with E-state index in [1.54, 1.807) is 0 Å². The van der Waals surface area contributed by atoms with Gasteiger partial charge in [0.25, 0.3) is 0 Å². The van der Waals surface area contributed by atoms with Crippen molar-refractivity contribution in [2.24, 2.45) is 5.92 Å². The second-order valence-corrected chi connectivity index (χ2v) is 14.7. The summed E-state index contributed by atoms with van der Waals surface area (Å²) in [6.07, 6.45) is 8.46. The summed E-state index contributed by atoms with van der Waals surface area (Å²) in [4.78, 5) is 6.29. The van der Waals surface area contributed by atoms with Gasteiger partial charge in [0.05, 0.1) is 23.6 Å². The van der Waals surface area contributed by atoms with E-state index >= 15 is 0 Å². The number of allylic oxidation sites excluding steroid dienone is 4. The van der Waals surface area contributed by atoms with Gasteiger partial charge in [-0.25, -0.2) is 4.85 Å². The number of fused-ring (bicyclic) bond motifs is 3. The molecule has 5 aromatic rings. The first-order valence-corrected chi connectivity index (χ1v) is 17.5. The number of para-hydroxylation sites is 1. The number of hydrogen-bond donors (Lipinski definition) is 0. The standard InChI is InChI=1S/C46H43N4/c1-32(2)31-50-42-27-37-18-8-7-17-36(37)26-40(42)46(4,29-34-15-12-19-38(25-34)48-5)44(50)23-13-22-43-45(3,28-33-14-11-16-35(24-33)30-47)39-20-9-10-21-41(39)49(43)6/h7-27,32H,28-29,31H2,1-4,6H3/q+1. The lowest BCUT2D eigenvalue weighted by atomic mass is 9.74. The molecule has 0 saturated heterocycles. The van der Waals surface area contributed by atoms with Gasteiger partial charge in [-0.15, -0.1) is 0 Å². The van der Waals surface area contributed by atoms with Crippen molar-refractivity contribution in [3.8, 4) is 6.07 Å². The van der Waals surface area contributed by atoms with Crippen LogP contribution in [0.25, 0.3) is 15.6 Å². The van der Waals surface area contributed by atoms with Crippen LogP contribution in [0, 0.1) is 23.8 Å². The van der Waals surface area contributed by atoms with Crippen LogP contribution >= 0.6 is 0 Å². The third-order valence-electron chi connectivity index (χ3n) is 10.7. The van der Waals surface area contributed by atoms with Crippen molar-refractivity contribution in [2.45, 2.75) is 51.4 Å². The molecule has 5 aromatic carbocycles. The topological polar surface area (TPSA) is 34.4 Å². The monoisotopic (exact) mass is 651 g/mol. The highest BCUT2D eigenvalue weighted by Crippen LogP contribution is 2.51. The summed E-state index contributed by atoms with van der Waals surface area (Å²) < 4.78 is 2.33. The first-order chi connectivity index (χ1) is 24.1. The van der Waals surface area contributed by atoms with Crippen molar-refractivity contribution in [3.05, 3.63) is 172 Å². The van der Waals surface area contributed by atoms with Crippen molar-refractivity contribution in [3.63, 3.8) is 0 Å². The molecule has 2 atom stereocenters. The van der Waals surface area contributed by atoms with Gasteiger partial charge in [-0.3, -0.25) is 0 Å². The summed E-state index contributed by atoms with van der Waals surface area (Å²) in [6, 6.07) is 40.5. The lowest BCUT2D eigenvalue weighted by Crippen LogP contribution is -2.33. The molecule has 0 spiro atoms. The average molecular weight is 652 g/mol. The van der Waals surface area contributed by atoms with Crippen LogP contribution < -0.4 is 4.90 Å². The van der Waals surface area contributed by atoms with Crippen LogP contribution in [-0.2, 0) is 23.7 Å². The van der Waals surface area contributed by atoms with E-state index in [-0.39, 0.29) is 10.8 Å². The number of nitrogens with zero attached hydrogens (tertiary/aromatic N) is 4. The van der Waals surface area contributed by atoms with Crippen molar-refractivity contribution in [2.75, 3.05) is 18.5 Å². The van der Waals surface area contributed by atoms with E-state index in [0.29, 0.717) is 17.2 Å². The summed E-state index contributed by atoms with van der Waals surface area (Å²) in [5.74, 6) is 0.451. The molecule has 0 aromatic heterocycles. The average Bonchev–Trinajstić information content (AvgIpc) is 3.46. The Labute approximate surface area is 296 Å². The number of anilines is 1. The molecule has 0 radical (unpaired) electrons. The maximum absolute atomic E-state index is 9.62. The van der Waals surface area contributed by atoms with E-state index in [0.717, 1.165) is 30.5 Å². The van der Waals surface area contributed by atoms with Crippen LogP contribution in [0.15, 0.2) is 133 Å². The maximum Gasteiger partial charge on any atom is 0.209 e. The van der Waals surface area contributed by atoms with Gasteiger partial charge < -0.3 is 4.90 Å². The Hall–Kier alpha value is -5.71. The molecule has 0 saturated carbocycles. The third kappa shape index (κ3) is 5.72. The number of hydrogen-bond acceptors (Lipinski definition) is 2. The Morgan fingerprint density at radius 3 is 2.24 bits per heavy atom. The molecule has 2 unspecified atom stereocenters. The number of benzene rings is 5. The Balaban J connectivity index is 1.36. The highest BCUT2D eigenvalue weighted by molar-refractivity contribution is 6.03. The molecule has 246 valence electrons. The number of nitriles is 1. The minimum absolute atomic E-state index is 0.286. The van der Waals surface area contributed by atoms with Gasteiger partial charge in [0.15, 0.2) is 11.4 Å². The van der Waals surface area contributed by atoms with Crippen molar-refractivity contribution >= 4 is 33.5 Å². The highest BCUT2D eigenvalue weighted by Gasteiger charge is 2.47. The van der Waals surface area contributed by atoms with Crippen molar-refractivity contribution in [1.82, 2.24) is 0 Å². The molecule has 4 heteroatoms. The molecule has 2 aliphatic rings. The molecule has 0 amide bonds. The van der Waals surface area contributed by atoms with Gasteiger partial charge in [0.1, 0.15) is 7.05 Å². The minimum atomic E-state index is -0.324. The van der Waals surface area contributed by atoms with Crippen LogP contribution in [0.5, 0.6) is 0 Å². The Morgan fingerprint density at radius 1 is 0.820 bits per heavy atom.